The summed E-state index contributed by atoms with van der Waals surface area (Å²) in [4.78, 5) is 5.71. The Kier molecular flexibility index (Phi) is 4.58. The summed E-state index contributed by atoms with van der Waals surface area (Å²) in [6.45, 7) is 2.24. The Morgan fingerprint density at radius 1 is 1.32 bits per heavy atom. The number of thiazole rings is 1. The van der Waals surface area contributed by atoms with E-state index < -0.39 is 10.2 Å². The number of hydrogen-bond acceptors (Lipinski definition) is 4. The Balaban J connectivity index is 1.67. The van der Waals surface area contributed by atoms with Crippen LogP contribution in [0.25, 0.3) is 0 Å². The first kappa shape index (κ1) is 15.6. The zero-order chi connectivity index (χ0) is 15.6. The van der Waals surface area contributed by atoms with Gasteiger partial charge in [0.25, 0.3) is 10.2 Å². The van der Waals surface area contributed by atoms with E-state index >= 15 is 0 Å². The summed E-state index contributed by atoms with van der Waals surface area (Å²) >= 11 is 1.66. The Bertz CT molecular complexity index is 741. The highest BCUT2D eigenvalue weighted by atomic mass is 32.2. The molecule has 0 radical (unpaired) electrons. The molecule has 1 aromatic heterocycles. The molecular weight excluding hydrogens is 318 g/mol. The Labute approximate surface area is 135 Å². The van der Waals surface area contributed by atoms with E-state index in [1.54, 1.807) is 11.3 Å². The lowest BCUT2D eigenvalue weighted by Crippen LogP contribution is -2.39. The molecule has 1 atom stereocenters. The first-order chi connectivity index (χ1) is 10.5. The smallest absolute Gasteiger partial charge is 0.245 e. The third-order valence-corrected chi connectivity index (χ3v) is 5.83. The first-order valence-electron chi connectivity index (χ1n) is 7.30. The molecule has 7 heteroatoms. The lowest BCUT2D eigenvalue weighted by Gasteiger charge is -2.22. The molecular formula is C15H19N3O2S2. The number of nitrogens with one attached hydrogen (secondary N) is 2. The van der Waals surface area contributed by atoms with Crippen LogP contribution in [0, 0.1) is 6.92 Å². The fourth-order valence-corrected chi connectivity index (χ4v) is 4.74. The molecule has 0 saturated carbocycles. The minimum Gasteiger partial charge on any atom is -0.245 e. The lowest BCUT2D eigenvalue weighted by atomic mass is 9.99. The van der Waals surface area contributed by atoms with Gasteiger partial charge in [0.1, 0.15) is 0 Å². The van der Waals surface area contributed by atoms with Crippen molar-refractivity contribution in [2.45, 2.75) is 38.8 Å². The third kappa shape index (κ3) is 3.73. The van der Waals surface area contributed by atoms with E-state index in [4.69, 9.17) is 0 Å². The van der Waals surface area contributed by atoms with E-state index in [0.29, 0.717) is 0 Å². The molecule has 5 nitrogen and oxygen atoms in total. The van der Waals surface area contributed by atoms with Crippen molar-refractivity contribution < 1.29 is 8.42 Å². The molecule has 0 spiro atoms. The number of nitrogens with zero attached hydrogens (tertiary/aromatic N) is 1. The average molecular weight is 337 g/mol. The molecule has 0 fully saturated rings. The number of rotatable bonds is 5. The van der Waals surface area contributed by atoms with Gasteiger partial charge in [-0.15, -0.1) is 11.3 Å². The van der Waals surface area contributed by atoms with Gasteiger partial charge in [-0.1, -0.05) is 30.3 Å². The standard InChI is InChI=1S/C15H19N3O2S2/c1-11-17-15-13(8-5-9-14(15)21-11)18-22(19,20)16-10-12-6-3-2-4-7-12/h2-4,6-7,13,16,18H,5,8-10H2,1H3/t13-/m1/s1. The molecule has 2 aromatic rings. The molecule has 0 saturated heterocycles. The summed E-state index contributed by atoms with van der Waals surface area (Å²) in [6, 6.07) is 9.26. The summed E-state index contributed by atoms with van der Waals surface area (Å²) in [6.07, 6.45) is 2.78. The van der Waals surface area contributed by atoms with Gasteiger partial charge in [-0.3, -0.25) is 0 Å². The molecule has 3 rings (SSSR count). The summed E-state index contributed by atoms with van der Waals surface area (Å²) in [7, 11) is -3.55. The second-order valence-electron chi connectivity index (χ2n) is 5.41. The van der Waals surface area contributed by atoms with Crippen LogP contribution in [0.1, 0.15) is 40.0 Å². The fraction of sp³-hybridized carbons (Fsp3) is 0.400. The number of aromatic nitrogens is 1. The summed E-state index contributed by atoms with van der Waals surface area (Å²) in [5.74, 6) is 0. The van der Waals surface area contributed by atoms with Gasteiger partial charge in [0, 0.05) is 11.4 Å². The van der Waals surface area contributed by atoms with Crippen LogP contribution in [0.2, 0.25) is 0 Å². The zero-order valence-electron chi connectivity index (χ0n) is 12.4. The minimum atomic E-state index is -3.55. The molecule has 0 bridgehead atoms. The maximum Gasteiger partial charge on any atom is 0.277 e. The lowest BCUT2D eigenvalue weighted by molar-refractivity contribution is 0.494. The van der Waals surface area contributed by atoms with Crippen molar-refractivity contribution in [3.63, 3.8) is 0 Å². The van der Waals surface area contributed by atoms with Crippen molar-refractivity contribution in [2.24, 2.45) is 0 Å². The van der Waals surface area contributed by atoms with Gasteiger partial charge in [-0.2, -0.15) is 17.9 Å². The predicted octanol–water partition coefficient (Wildman–Crippen LogP) is 2.45. The molecule has 1 heterocycles. The molecule has 1 aromatic carbocycles. The monoisotopic (exact) mass is 337 g/mol. The molecule has 0 amide bonds. The molecule has 0 aliphatic heterocycles. The second kappa shape index (κ2) is 6.45. The van der Waals surface area contributed by atoms with E-state index in [9.17, 15) is 8.42 Å². The maximum absolute atomic E-state index is 12.2. The second-order valence-corrected chi connectivity index (χ2v) is 8.23. The quantitative estimate of drug-likeness (QED) is 0.880. The van der Waals surface area contributed by atoms with Crippen LogP contribution >= 0.6 is 11.3 Å². The van der Waals surface area contributed by atoms with Gasteiger partial charge < -0.3 is 0 Å². The Morgan fingerprint density at radius 3 is 2.86 bits per heavy atom. The Hall–Kier alpha value is -1.28. The van der Waals surface area contributed by atoms with Crippen LogP contribution in [-0.4, -0.2) is 13.4 Å². The van der Waals surface area contributed by atoms with E-state index in [2.05, 4.69) is 14.4 Å². The van der Waals surface area contributed by atoms with Crippen LogP contribution in [0.5, 0.6) is 0 Å². The minimum absolute atomic E-state index is 0.220. The topological polar surface area (TPSA) is 71.1 Å². The van der Waals surface area contributed by atoms with Crippen LogP contribution in [-0.2, 0) is 23.2 Å². The van der Waals surface area contributed by atoms with Crippen molar-refractivity contribution in [1.82, 2.24) is 14.4 Å². The van der Waals surface area contributed by atoms with Crippen molar-refractivity contribution in [2.75, 3.05) is 0 Å². The van der Waals surface area contributed by atoms with E-state index in [-0.39, 0.29) is 12.6 Å². The number of hydrogen-bond donors (Lipinski definition) is 2. The predicted molar refractivity (Wildman–Crippen MR) is 87.9 cm³/mol. The summed E-state index contributed by atoms with van der Waals surface area (Å²) in [5.41, 5.74) is 1.83. The van der Waals surface area contributed by atoms with Crippen LogP contribution in [0.3, 0.4) is 0 Å². The van der Waals surface area contributed by atoms with Crippen LogP contribution < -0.4 is 9.44 Å². The Morgan fingerprint density at radius 2 is 2.09 bits per heavy atom. The van der Waals surface area contributed by atoms with Crippen molar-refractivity contribution in [3.05, 3.63) is 51.5 Å². The van der Waals surface area contributed by atoms with Gasteiger partial charge in [0.15, 0.2) is 0 Å². The van der Waals surface area contributed by atoms with Crippen molar-refractivity contribution in [3.8, 4) is 0 Å². The maximum atomic E-state index is 12.2. The highest BCUT2D eigenvalue weighted by Crippen LogP contribution is 2.33. The molecule has 1 aliphatic carbocycles. The van der Waals surface area contributed by atoms with E-state index in [1.807, 2.05) is 37.3 Å². The van der Waals surface area contributed by atoms with Gasteiger partial charge in [-0.05, 0) is 31.7 Å². The van der Waals surface area contributed by atoms with Gasteiger partial charge >= 0.3 is 0 Å². The first-order valence-corrected chi connectivity index (χ1v) is 9.60. The molecule has 1 aliphatic rings. The van der Waals surface area contributed by atoms with Gasteiger partial charge in [0.2, 0.25) is 0 Å². The van der Waals surface area contributed by atoms with E-state index in [0.717, 1.165) is 35.5 Å². The SMILES string of the molecule is Cc1nc2c(s1)CCC[C@H]2NS(=O)(=O)NCc1ccccc1. The third-order valence-electron chi connectivity index (χ3n) is 3.67. The molecule has 118 valence electrons. The van der Waals surface area contributed by atoms with Crippen molar-refractivity contribution >= 4 is 21.5 Å². The highest BCUT2D eigenvalue weighted by Gasteiger charge is 2.27. The summed E-state index contributed by atoms with van der Waals surface area (Å²) < 4.78 is 29.8. The number of aryl methyl sites for hydroxylation is 2. The van der Waals surface area contributed by atoms with Gasteiger partial charge in [0.05, 0.1) is 16.7 Å². The van der Waals surface area contributed by atoms with Crippen LogP contribution in [0.4, 0.5) is 0 Å². The average Bonchev–Trinajstić information content (AvgIpc) is 2.88. The van der Waals surface area contributed by atoms with Crippen molar-refractivity contribution in [1.29, 1.82) is 0 Å². The molecule has 2 N–H and O–H groups in total. The van der Waals surface area contributed by atoms with Gasteiger partial charge in [-0.25, -0.2) is 4.98 Å². The zero-order valence-corrected chi connectivity index (χ0v) is 14.0. The largest absolute Gasteiger partial charge is 0.277 e. The fourth-order valence-electron chi connectivity index (χ4n) is 2.66. The van der Waals surface area contributed by atoms with E-state index in [1.165, 1.54) is 4.88 Å². The molecule has 22 heavy (non-hydrogen) atoms. The molecule has 0 unspecified atom stereocenters. The summed E-state index contributed by atoms with van der Waals surface area (Å²) in [5, 5.41) is 0.994. The highest BCUT2D eigenvalue weighted by molar-refractivity contribution is 7.87. The normalized spacial score (nSPS) is 18.1. The van der Waals surface area contributed by atoms with Crippen LogP contribution in [0.15, 0.2) is 30.3 Å². The number of benzene rings is 1. The number of fused-ring (bicyclic) bond motifs is 1.